The van der Waals surface area contributed by atoms with Crippen LogP contribution in [0.2, 0.25) is 0 Å². The summed E-state index contributed by atoms with van der Waals surface area (Å²) in [7, 11) is 0. The molecule has 27 heavy (non-hydrogen) atoms. The number of aromatic nitrogens is 2. The van der Waals surface area contributed by atoms with E-state index in [0.29, 0.717) is 0 Å². The number of carbonyl (C=O) groups excluding carboxylic acids is 1. The number of piperazine rings is 1. The third kappa shape index (κ3) is 4.63. The second-order valence-corrected chi connectivity index (χ2v) is 7.07. The Balaban J connectivity index is 1.62. The molecule has 144 valence electrons. The molecule has 2 heterocycles. The van der Waals surface area contributed by atoms with Crippen molar-refractivity contribution < 1.29 is 4.79 Å². The van der Waals surface area contributed by atoms with Gasteiger partial charge in [-0.2, -0.15) is 0 Å². The number of likely N-dealkylation sites (N-methyl/N-ethyl adjacent to an activating group) is 1. The van der Waals surface area contributed by atoms with Crippen molar-refractivity contribution >= 4 is 6.03 Å². The van der Waals surface area contributed by atoms with Gasteiger partial charge in [0.1, 0.15) is 6.33 Å². The normalized spacial score (nSPS) is 18.9. The first-order chi connectivity index (χ1) is 13.1. The van der Waals surface area contributed by atoms with Crippen molar-refractivity contribution in [2.45, 2.75) is 39.3 Å². The summed E-state index contributed by atoms with van der Waals surface area (Å²) in [4.78, 5) is 25.3. The first-order valence-corrected chi connectivity index (χ1v) is 9.77. The number of urea groups is 1. The quantitative estimate of drug-likeness (QED) is 0.880. The Labute approximate surface area is 161 Å². The number of benzene rings is 1. The van der Waals surface area contributed by atoms with Gasteiger partial charge in [0.25, 0.3) is 0 Å². The summed E-state index contributed by atoms with van der Waals surface area (Å²) < 4.78 is 0. The van der Waals surface area contributed by atoms with Gasteiger partial charge in [0, 0.05) is 43.6 Å². The predicted octanol–water partition coefficient (Wildman–Crippen LogP) is 3.33. The molecule has 1 aliphatic heterocycles. The van der Waals surface area contributed by atoms with Crippen molar-refractivity contribution in [2.75, 3.05) is 26.2 Å². The molecule has 1 fully saturated rings. The molecule has 2 aromatic rings. The molecule has 2 unspecified atom stereocenters. The SMILES string of the molecule is CCC1CN(CC)CCN1C(=O)NC(C)c1ccc(-c2cncnc2)cc1. The van der Waals surface area contributed by atoms with Crippen LogP contribution in [-0.4, -0.2) is 58.0 Å². The van der Waals surface area contributed by atoms with Gasteiger partial charge in [-0.3, -0.25) is 4.90 Å². The van der Waals surface area contributed by atoms with E-state index in [1.165, 1.54) is 6.33 Å². The lowest BCUT2D eigenvalue weighted by Crippen LogP contribution is -2.57. The van der Waals surface area contributed by atoms with Crippen LogP contribution in [0.3, 0.4) is 0 Å². The second-order valence-electron chi connectivity index (χ2n) is 7.07. The molecule has 2 atom stereocenters. The van der Waals surface area contributed by atoms with Crippen molar-refractivity contribution in [3.8, 4) is 11.1 Å². The molecule has 0 radical (unpaired) electrons. The van der Waals surface area contributed by atoms with Gasteiger partial charge in [-0.1, -0.05) is 38.1 Å². The highest BCUT2D eigenvalue weighted by atomic mass is 16.2. The van der Waals surface area contributed by atoms with Crippen LogP contribution in [0, 0.1) is 0 Å². The van der Waals surface area contributed by atoms with Crippen LogP contribution in [0.5, 0.6) is 0 Å². The molecule has 0 aliphatic carbocycles. The van der Waals surface area contributed by atoms with Gasteiger partial charge >= 0.3 is 6.03 Å². The zero-order valence-corrected chi connectivity index (χ0v) is 16.4. The topological polar surface area (TPSA) is 61.4 Å². The van der Waals surface area contributed by atoms with E-state index < -0.39 is 0 Å². The van der Waals surface area contributed by atoms with Crippen LogP contribution in [0.4, 0.5) is 4.79 Å². The van der Waals surface area contributed by atoms with Gasteiger partial charge in [-0.15, -0.1) is 0 Å². The number of nitrogens with zero attached hydrogens (tertiary/aromatic N) is 4. The summed E-state index contributed by atoms with van der Waals surface area (Å²) in [6.45, 7) is 10.1. The van der Waals surface area contributed by atoms with E-state index in [0.717, 1.165) is 49.3 Å². The van der Waals surface area contributed by atoms with E-state index in [9.17, 15) is 4.79 Å². The molecule has 1 aromatic heterocycles. The van der Waals surface area contributed by atoms with Crippen LogP contribution < -0.4 is 5.32 Å². The maximum Gasteiger partial charge on any atom is 0.318 e. The Kier molecular flexibility index (Phi) is 6.40. The van der Waals surface area contributed by atoms with Crippen LogP contribution in [0.15, 0.2) is 43.0 Å². The lowest BCUT2D eigenvalue weighted by molar-refractivity contribution is 0.0939. The van der Waals surface area contributed by atoms with Crippen LogP contribution >= 0.6 is 0 Å². The van der Waals surface area contributed by atoms with Crippen molar-refractivity contribution in [1.82, 2.24) is 25.1 Å². The Bertz CT molecular complexity index is 734. The summed E-state index contributed by atoms with van der Waals surface area (Å²) in [5.41, 5.74) is 3.14. The summed E-state index contributed by atoms with van der Waals surface area (Å²) >= 11 is 0. The largest absolute Gasteiger partial charge is 0.331 e. The smallest absolute Gasteiger partial charge is 0.318 e. The summed E-state index contributed by atoms with van der Waals surface area (Å²) in [6.07, 6.45) is 6.10. The van der Waals surface area contributed by atoms with Gasteiger partial charge in [0.15, 0.2) is 0 Å². The first-order valence-electron chi connectivity index (χ1n) is 9.77. The summed E-state index contributed by atoms with van der Waals surface area (Å²) in [5, 5.41) is 3.17. The molecule has 1 aliphatic rings. The second kappa shape index (κ2) is 8.95. The standard InChI is InChI=1S/C21H29N5O/c1-4-20-14-25(5-2)10-11-26(20)21(27)24-16(3)17-6-8-18(9-7-17)19-12-22-15-23-13-19/h6-9,12-13,15-16,20H,4-5,10-11,14H2,1-3H3,(H,24,27). The van der Waals surface area contributed by atoms with Crippen LogP contribution in [0.1, 0.15) is 38.8 Å². The minimum Gasteiger partial charge on any atom is -0.331 e. The van der Waals surface area contributed by atoms with Gasteiger partial charge in [-0.05, 0) is 31.0 Å². The number of nitrogens with one attached hydrogen (secondary N) is 1. The fraction of sp³-hybridized carbons (Fsp3) is 0.476. The minimum absolute atomic E-state index is 0.0330. The molecule has 6 nitrogen and oxygen atoms in total. The monoisotopic (exact) mass is 367 g/mol. The van der Waals surface area contributed by atoms with Gasteiger partial charge in [0.2, 0.25) is 0 Å². The minimum atomic E-state index is -0.0414. The Morgan fingerprint density at radius 2 is 1.85 bits per heavy atom. The lowest BCUT2D eigenvalue weighted by atomic mass is 10.0. The highest BCUT2D eigenvalue weighted by molar-refractivity contribution is 5.75. The molecule has 1 aromatic carbocycles. The number of hydrogen-bond acceptors (Lipinski definition) is 4. The molecule has 1 N–H and O–H groups in total. The van der Waals surface area contributed by atoms with Gasteiger partial charge in [0.05, 0.1) is 6.04 Å². The summed E-state index contributed by atoms with van der Waals surface area (Å²) in [5.74, 6) is 0. The molecule has 2 amide bonds. The zero-order chi connectivity index (χ0) is 19.2. The van der Waals surface area contributed by atoms with Crippen LogP contribution in [0.25, 0.3) is 11.1 Å². The molecule has 6 heteroatoms. The van der Waals surface area contributed by atoms with Gasteiger partial charge < -0.3 is 10.2 Å². The van der Waals surface area contributed by atoms with Crippen molar-refractivity contribution in [3.05, 3.63) is 48.5 Å². The molecular formula is C21H29N5O. The third-order valence-corrected chi connectivity index (χ3v) is 5.39. The maximum absolute atomic E-state index is 12.8. The summed E-state index contributed by atoms with van der Waals surface area (Å²) in [6, 6.07) is 8.48. The van der Waals surface area contributed by atoms with E-state index in [1.54, 1.807) is 12.4 Å². The van der Waals surface area contributed by atoms with Crippen molar-refractivity contribution in [1.29, 1.82) is 0 Å². The average molecular weight is 367 g/mol. The molecule has 1 saturated heterocycles. The van der Waals surface area contributed by atoms with E-state index in [4.69, 9.17) is 0 Å². The maximum atomic E-state index is 12.8. The first kappa shape index (κ1) is 19.3. The third-order valence-electron chi connectivity index (χ3n) is 5.39. The number of hydrogen-bond donors (Lipinski definition) is 1. The Morgan fingerprint density at radius 1 is 1.15 bits per heavy atom. The molecule has 3 rings (SSSR count). The highest BCUT2D eigenvalue weighted by Gasteiger charge is 2.29. The number of carbonyl (C=O) groups is 1. The lowest BCUT2D eigenvalue weighted by Gasteiger charge is -2.41. The van der Waals surface area contributed by atoms with E-state index in [1.807, 2.05) is 24.0 Å². The molecular weight excluding hydrogens is 338 g/mol. The Morgan fingerprint density at radius 3 is 2.48 bits per heavy atom. The van der Waals surface area contributed by atoms with Crippen molar-refractivity contribution in [2.24, 2.45) is 0 Å². The number of amides is 2. The molecule has 0 spiro atoms. The number of rotatable bonds is 5. The highest BCUT2D eigenvalue weighted by Crippen LogP contribution is 2.21. The molecule has 0 saturated carbocycles. The fourth-order valence-electron chi connectivity index (χ4n) is 3.59. The van der Waals surface area contributed by atoms with Gasteiger partial charge in [-0.25, -0.2) is 14.8 Å². The Hall–Kier alpha value is -2.47. The van der Waals surface area contributed by atoms with Crippen LogP contribution in [-0.2, 0) is 0 Å². The zero-order valence-electron chi connectivity index (χ0n) is 16.4. The predicted molar refractivity (Wildman–Crippen MR) is 107 cm³/mol. The average Bonchev–Trinajstić information content (AvgIpc) is 2.73. The van der Waals surface area contributed by atoms with E-state index >= 15 is 0 Å². The van der Waals surface area contributed by atoms with E-state index in [2.05, 4.69) is 46.2 Å². The fourth-order valence-corrected chi connectivity index (χ4v) is 3.59. The molecule has 0 bridgehead atoms. The van der Waals surface area contributed by atoms with E-state index in [-0.39, 0.29) is 18.1 Å². The van der Waals surface area contributed by atoms with Crippen molar-refractivity contribution in [3.63, 3.8) is 0 Å².